The number of hydrogen-bond acceptors (Lipinski definition) is 5. The van der Waals surface area contributed by atoms with E-state index in [9.17, 15) is 4.79 Å². The van der Waals surface area contributed by atoms with E-state index < -0.39 is 0 Å². The van der Waals surface area contributed by atoms with Crippen LogP contribution in [0, 0.1) is 0 Å². The van der Waals surface area contributed by atoms with Crippen molar-refractivity contribution in [3.63, 3.8) is 0 Å². The van der Waals surface area contributed by atoms with Crippen molar-refractivity contribution in [2.75, 3.05) is 11.9 Å². The Morgan fingerprint density at radius 3 is 2.82 bits per heavy atom. The molecule has 0 fully saturated rings. The van der Waals surface area contributed by atoms with Crippen LogP contribution in [0.3, 0.4) is 0 Å². The van der Waals surface area contributed by atoms with Gasteiger partial charge in [-0.2, -0.15) is 0 Å². The van der Waals surface area contributed by atoms with E-state index in [1.807, 2.05) is 0 Å². The van der Waals surface area contributed by atoms with Crippen molar-refractivity contribution in [3.8, 4) is 0 Å². The summed E-state index contributed by atoms with van der Waals surface area (Å²) in [4.78, 5) is 11.4. The van der Waals surface area contributed by atoms with Gasteiger partial charge in [0.1, 0.15) is 5.01 Å². The molecule has 1 amide bonds. The summed E-state index contributed by atoms with van der Waals surface area (Å²) in [6, 6.07) is 0. The second-order valence-corrected chi connectivity index (χ2v) is 4.61. The van der Waals surface area contributed by atoms with E-state index in [2.05, 4.69) is 22.4 Å². The van der Waals surface area contributed by atoms with Gasteiger partial charge in [0.05, 0.1) is 0 Å². The zero-order chi connectivity index (χ0) is 11.8. The Morgan fingerprint density at radius 1 is 1.41 bits per heavy atom. The number of nitrogens with zero attached hydrogens (tertiary/aromatic N) is 2. The van der Waals surface area contributed by atoms with Gasteiger partial charge in [0.2, 0.25) is 11.0 Å². The molecule has 0 aromatic carbocycles. The summed E-state index contributed by atoms with van der Waals surface area (Å²) in [5, 5.41) is 12.2. The van der Waals surface area contributed by atoms with Crippen molar-refractivity contribution < 1.29 is 4.79 Å². The van der Waals surface area contributed by atoms with Gasteiger partial charge in [0.15, 0.2) is 0 Å². The standard InChI is InChI=1S/C10H18N4OS.ClH/c1-2-3-6-9-13-14-10(16-9)12-8(15)5-4-7-11;/h2-7,11H2,1H3,(H,12,14,15);1H. The maximum absolute atomic E-state index is 11.4. The maximum Gasteiger partial charge on any atom is 0.226 e. The molecule has 3 N–H and O–H groups in total. The van der Waals surface area contributed by atoms with Crippen LogP contribution < -0.4 is 11.1 Å². The molecule has 0 atom stereocenters. The van der Waals surface area contributed by atoms with Crippen LogP contribution in [0.4, 0.5) is 5.13 Å². The van der Waals surface area contributed by atoms with Crippen molar-refractivity contribution in [3.05, 3.63) is 5.01 Å². The van der Waals surface area contributed by atoms with Crippen LogP contribution in [-0.4, -0.2) is 22.6 Å². The molecule has 17 heavy (non-hydrogen) atoms. The predicted octanol–water partition coefficient (Wildman–Crippen LogP) is 1.98. The summed E-state index contributed by atoms with van der Waals surface area (Å²) in [6.07, 6.45) is 4.33. The van der Waals surface area contributed by atoms with E-state index in [1.54, 1.807) is 0 Å². The summed E-state index contributed by atoms with van der Waals surface area (Å²) in [6.45, 7) is 2.67. The van der Waals surface area contributed by atoms with Gasteiger partial charge >= 0.3 is 0 Å². The summed E-state index contributed by atoms with van der Waals surface area (Å²) >= 11 is 1.45. The fraction of sp³-hybridized carbons (Fsp3) is 0.700. The quantitative estimate of drug-likeness (QED) is 0.799. The van der Waals surface area contributed by atoms with Crippen molar-refractivity contribution in [2.24, 2.45) is 5.73 Å². The minimum absolute atomic E-state index is 0. The van der Waals surface area contributed by atoms with Crippen molar-refractivity contribution in [2.45, 2.75) is 39.0 Å². The average molecular weight is 279 g/mol. The molecular formula is C10H19ClN4OS. The van der Waals surface area contributed by atoms with Gasteiger partial charge in [0.25, 0.3) is 0 Å². The monoisotopic (exact) mass is 278 g/mol. The molecule has 0 bridgehead atoms. The number of halogens is 1. The van der Waals surface area contributed by atoms with Crippen molar-refractivity contribution in [1.82, 2.24) is 10.2 Å². The highest BCUT2D eigenvalue weighted by molar-refractivity contribution is 7.15. The number of rotatable bonds is 7. The third kappa shape index (κ3) is 6.55. The highest BCUT2D eigenvalue weighted by Gasteiger charge is 2.07. The highest BCUT2D eigenvalue weighted by atomic mass is 35.5. The van der Waals surface area contributed by atoms with Gasteiger partial charge in [-0.1, -0.05) is 24.7 Å². The van der Waals surface area contributed by atoms with E-state index >= 15 is 0 Å². The third-order valence-electron chi connectivity index (χ3n) is 2.07. The molecule has 0 aliphatic heterocycles. The zero-order valence-electron chi connectivity index (χ0n) is 9.94. The predicted molar refractivity (Wildman–Crippen MR) is 72.7 cm³/mol. The molecule has 0 unspecified atom stereocenters. The molecule has 7 heteroatoms. The lowest BCUT2D eigenvalue weighted by atomic mass is 10.3. The maximum atomic E-state index is 11.4. The first-order valence-corrected chi connectivity index (χ1v) is 6.40. The summed E-state index contributed by atoms with van der Waals surface area (Å²) in [5.41, 5.74) is 5.32. The first kappa shape index (κ1) is 16.3. The molecule has 1 heterocycles. The number of nitrogens with one attached hydrogen (secondary N) is 1. The van der Waals surface area contributed by atoms with Crippen LogP contribution in [-0.2, 0) is 11.2 Å². The van der Waals surface area contributed by atoms with Gasteiger partial charge in [-0.05, 0) is 19.4 Å². The zero-order valence-corrected chi connectivity index (χ0v) is 11.6. The Bertz CT molecular complexity index is 332. The van der Waals surface area contributed by atoms with E-state index in [0.29, 0.717) is 24.5 Å². The van der Waals surface area contributed by atoms with Gasteiger partial charge in [-0.15, -0.1) is 22.6 Å². The minimum Gasteiger partial charge on any atom is -0.330 e. The van der Waals surface area contributed by atoms with Gasteiger partial charge in [-0.3, -0.25) is 4.79 Å². The minimum atomic E-state index is -0.0383. The van der Waals surface area contributed by atoms with Gasteiger partial charge < -0.3 is 11.1 Å². The van der Waals surface area contributed by atoms with E-state index in [4.69, 9.17) is 5.73 Å². The number of nitrogens with two attached hydrogens (primary N) is 1. The molecule has 0 aliphatic rings. The fourth-order valence-corrected chi connectivity index (χ4v) is 1.98. The first-order chi connectivity index (χ1) is 7.76. The van der Waals surface area contributed by atoms with Crippen molar-refractivity contribution in [1.29, 1.82) is 0 Å². The van der Waals surface area contributed by atoms with E-state index in [1.165, 1.54) is 11.3 Å². The number of aryl methyl sites for hydroxylation is 1. The Labute approximate surface area is 112 Å². The molecule has 1 rings (SSSR count). The molecule has 1 aromatic rings. The molecule has 0 spiro atoms. The summed E-state index contributed by atoms with van der Waals surface area (Å²) < 4.78 is 0. The SMILES string of the molecule is CCCCc1nnc(NC(=O)CCCN)s1.Cl. The van der Waals surface area contributed by atoms with Crippen LogP contribution >= 0.6 is 23.7 Å². The van der Waals surface area contributed by atoms with Gasteiger partial charge in [-0.25, -0.2) is 0 Å². The summed E-state index contributed by atoms with van der Waals surface area (Å²) in [5.74, 6) is -0.0383. The average Bonchev–Trinajstić information content (AvgIpc) is 2.71. The summed E-state index contributed by atoms with van der Waals surface area (Å²) in [7, 11) is 0. The third-order valence-corrected chi connectivity index (χ3v) is 2.96. The number of carbonyl (C=O) groups excluding carboxylic acids is 1. The molecule has 0 saturated carbocycles. The number of unbranched alkanes of at least 4 members (excludes halogenated alkanes) is 1. The Hall–Kier alpha value is -0.720. The number of hydrogen-bond donors (Lipinski definition) is 2. The Balaban J connectivity index is 0.00000256. The Morgan fingerprint density at radius 2 is 2.18 bits per heavy atom. The molecular weight excluding hydrogens is 260 g/mol. The lowest BCUT2D eigenvalue weighted by Gasteiger charge is -1.98. The number of anilines is 1. The van der Waals surface area contributed by atoms with Crippen molar-refractivity contribution >= 4 is 34.8 Å². The van der Waals surface area contributed by atoms with E-state index in [-0.39, 0.29) is 18.3 Å². The van der Waals surface area contributed by atoms with Crippen LogP contribution in [0.25, 0.3) is 0 Å². The number of aromatic nitrogens is 2. The molecule has 0 saturated heterocycles. The molecule has 0 aliphatic carbocycles. The lowest BCUT2D eigenvalue weighted by Crippen LogP contribution is -2.13. The topological polar surface area (TPSA) is 80.9 Å². The normalized spacial score (nSPS) is 9.76. The lowest BCUT2D eigenvalue weighted by molar-refractivity contribution is -0.116. The fourth-order valence-electron chi connectivity index (χ4n) is 1.18. The van der Waals surface area contributed by atoms with Crippen LogP contribution in [0.5, 0.6) is 0 Å². The molecule has 1 aromatic heterocycles. The first-order valence-electron chi connectivity index (χ1n) is 5.58. The molecule has 98 valence electrons. The number of amides is 1. The second-order valence-electron chi connectivity index (χ2n) is 3.54. The highest BCUT2D eigenvalue weighted by Crippen LogP contribution is 2.17. The number of carbonyl (C=O) groups is 1. The van der Waals surface area contributed by atoms with Crippen LogP contribution in [0.15, 0.2) is 0 Å². The van der Waals surface area contributed by atoms with Gasteiger partial charge in [0, 0.05) is 12.8 Å². The van der Waals surface area contributed by atoms with Crippen LogP contribution in [0.2, 0.25) is 0 Å². The Kier molecular flexibility index (Phi) is 8.93. The largest absolute Gasteiger partial charge is 0.330 e. The smallest absolute Gasteiger partial charge is 0.226 e. The molecule has 0 radical (unpaired) electrons. The molecule has 5 nitrogen and oxygen atoms in total. The van der Waals surface area contributed by atoms with Crippen LogP contribution in [0.1, 0.15) is 37.6 Å². The second kappa shape index (κ2) is 9.32. The van der Waals surface area contributed by atoms with E-state index in [0.717, 1.165) is 24.3 Å².